The van der Waals surface area contributed by atoms with Crippen molar-refractivity contribution in [2.45, 2.75) is 39.2 Å². The van der Waals surface area contributed by atoms with Crippen LogP contribution in [0.15, 0.2) is 30.3 Å². The quantitative estimate of drug-likeness (QED) is 0.540. The molecular formula is C23H29N3O2S. The van der Waals surface area contributed by atoms with Gasteiger partial charge in [-0.1, -0.05) is 12.1 Å². The highest BCUT2D eigenvalue weighted by Gasteiger charge is 2.25. The zero-order valence-electron chi connectivity index (χ0n) is 17.5. The van der Waals surface area contributed by atoms with Crippen LogP contribution in [0.2, 0.25) is 0 Å². The maximum absolute atomic E-state index is 12.9. The number of hydrogen-bond acceptors (Lipinski definition) is 5. The van der Waals surface area contributed by atoms with Crippen LogP contribution in [0.1, 0.15) is 45.5 Å². The molecule has 3 aromatic rings. The Labute approximate surface area is 176 Å². The van der Waals surface area contributed by atoms with Gasteiger partial charge in [-0.2, -0.15) is 0 Å². The third-order valence-electron chi connectivity index (χ3n) is 6.01. The van der Waals surface area contributed by atoms with Crippen LogP contribution in [0.3, 0.4) is 0 Å². The fraction of sp³-hybridized carbons (Fsp3) is 0.478. The first-order valence-electron chi connectivity index (χ1n) is 10.3. The van der Waals surface area contributed by atoms with Crippen molar-refractivity contribution in [2.24, 2.45) is 0 Å². The molecule has 1 fully saturated rings. The minimum Gasteiger partial charge on any atom is -0.383 e. The summed E-state index contributed by atoms with van der Waals surface area (Å²) >= 11 is 1.82. The fourth-order valence-electron chi connectivity index (χ4n) is 4.30. The monoisotopic (exact) mass is 411 g/mol. The van der Waals surface area contributed by atoms with Gasteiger partial charge in [0.1, 0.15) is 0 Å². The van der Waals surface area contributed by atoms with Crippen LogP contribution in [0.4, 0.5) is 0 Å². The summed E-state index contributed by atoms with van der Waals surface area (Å²) < 4.78 is 8.64. The van der Waals surface area contributed by atoms with Crippen molar-refractivity contribution < 1.29 is 9.53 Å². The van der Waals surface area contributed by atoms with Crippen molar-refractivity contribution in [3.63, 3.8) is 0 Å². The van der Waals surface area contributed by atoms with Crippen LogP contribution in [0, 0.1) is 13.8 Å². The molecule has 29 heavy (non-hydrogen) atoms. The Morgan fingerprint density at radius 2 is 2.00 bits per heavy atom. The summed E-state index contributed by atoms with van der Waals surface area (Å²) in [5, 5.41) is 1.25. The van der Waals surface area contributed by atoms with E-state index in [0.717, 1.165) is 54.9 Å². The topological polar surface area (TPSA) is 47.4 Å². The number of ether oxygens (including phenoxy) is 1. The predicted octanol–water partition coefficient (Wildman–Crippen LogP) is 4.42. The van der Waals surface area contributed by atoms with Crippen LogP contribution >= 0.6 is 11.3 Å². The van der Waals surface area contributed by atoms with Crippen LogP contribution in [0.25, 0.3) is 10.2 Å². The molecule has 5 nitrogen and oxygen atoms in total. The van der Waals surface area contributed by atoms with E-state index in [1.807, 2.05) is 30.4 Å². The zero-order chi connectivity index (χ0) is 20.4. The molecule has 1 saturated heterocycles. The molecular weight excluding hydrogens is 382 g/mol. The lowest BCUT2D eigenvalue weighted by molar-refractivity contribution is 0.0908. The molecule has 1 aliphatic heterocycles. The normalized spacial score (nSPS) is 16.0. The SMILES string of the molecule is COCCn1c(C)cc(C(=O)CN2CCC(c3nc4ccccc4s3)CC2)c1C. The molecule has 154 valence electrons. The maximum Gasteiger partial charge on any atom is 0.178 e. The molecule has 0 aliphatic carbocycles. The van der Waals surface area contributed by atoms with Gasteiger partial charge in [0.05, 0.1) is 28.4 Å². The molecule has 0 atom stereocenters. The third kappa shape index (κ3) is 4.29. The molecule has 1 aliphatic rings. The minimum atomic E-state index is 0.222. The van der Waals surface area contributed by atoms with Crippen molar-refractivity contribution in [1.82, 2.24) is 14.5 Å². The van der Waals surface area contributed by atoms with Gasteiger partial charge in [0.15, 0.2) is 5.78 Å². The van der Waals surface area contributed by atoms with Crippen molar-refractivity contribution >= 4 is 27.3 Å². The second-order valence-corrected chi connectivity index (χ2v) is 8.98. The van der Waals surface area contributed by atoms with E-state index in [1.54, 1.807) is 7.11 Å². The molecule has 6 heteroatoms. The number of ketones is 1. The lowest BCUT2D eigenvalue weighted by atomic mass is 9.97. The number of nitrogens with zero attached hydrogens (tertiary/aromatic N) is 3. The summed E-state index contributed by atoms with van der Waals surface area (Å²) in [6.07, 6.45) is 2.14. The molecule has 4 rings (SSSR count). The van der Waals surface area contributed by atoms with E-state index in [9.17, 15) is 4.79 Å². The first kappa shape index (κ1) is 20.3. The Hall–Kier alpha value is -2.02. The number of carbonyl (C=O) groups excluding carboxylic acids is 1. The van der Waals surface area contributed by atoms with E-state index in [1.165, 1.54) is 9.71 Å². The van der Waals surface area contributed by atoms with Crippen LogP contribution in [0.5, 0.6) is 0 Å². The number of aromatic nitrogens is 2. The number of likely N-dealkylation sites (tertiary alicyclic amines) is 1. The van der Waals surface area contributed by atoms with Crippen LogP contribution in [-0.4, -0.2) is 53.6 Å². The predicted molar refractivity (Wildman–Crippen MR) is 118 cm³/mol. The number of carbonyl (C=O) groups is 1. The minimum absolute atomic E-state index is 0.222. The van der Waals surface area contributed by atoms with Gasteiger partial charge in [0.2, 0.25) is 0 Å². The molecule has 0 amide bonds. The van der Waals surface area contributed by atoms with E-state index in [4.69, 9.17) is 9.72 Å². The molecule has 0 saturated carbocycles. The highest BCUT2D eigenvalue weighted by atomic mass is 32.1. The highest BCUT2D eigenvalue weighted by Crippen LogP contribution is 2.33. The average molecular weight is 412 g/mol. The Bertz CT molecular complexity index is 966. The fourth-order valence-corrected chi connectivity index (χ4v) is 5.44. The van der Waals surface area contributed by atoms with Gasteiger partial charge in [0, 0.05) is 36.5 Å². The Balaban J connectivity index is 1.36. The number of thiazole rings is 1. The second kappa shape index (κ2) is 8.78. The number of piperidine rings is 1. The highest BCUT2D eigenvalue weighted by molar-refractivity contribution is 7.18. The van der Waals surface area contributed by atoms with E-state index in [-0.39, 0.29) is 5.78 Å². The van der Waals surface area contributed by atoms with Gasteiger partial charge in [-0.25, -0.2) is 4.98 Å². The van der Waals surface area contributed by atoms with Gasteiger partial charge in [-0.05, 0) is 58.0 Å². The number of aryl methyl sites for hydroxylation is 1. The van der Waals surface area contributed by atoms with Gasteiger partial charge in [-0.3, -0.25) is 9.69 Å². The van der Waals surface area contributed by atoms with Crippen LogP contribution in [-0.2, 0) is 11.3 Å². The summed E-state index contributed by atoms with van der Waals surface area (Å²) in [7, 11) is 1.71. The first-order chi connectivity index (χ1) is 14.1. The number of benzene rings is 1. The number of fused-ring (bicyclic) bond motifs is 1. The Morgan fingerprint density at radius 1 is 1.24 bits per heavy atom. The molecule has 2 aromatic heterocycles. The first-order valence-corrected chi connectivity index (χ1v) is 11.1. The van der Waals surface area contributed by atoms with Crippen LogP contribution < -0.4 is 0 Å². The Kier molecular flexibility index (Phi) is 6.13. The molecule has 3 heterocycles. The average Bonchev–Trinajstić information content (AvgIpc) is 3.28. The molecule has 0 radical (unpaired) electrons. The summed E-state index contributed by atoms with van der Waals surface area (Å²) in [4.78, 5) is 20.1. The van der Waals surface area contributed by atoms with Crippen molar-refractivity contribution in [3.8, 4) is 0 Å². The molecule has 0 unspecified atom stereocenters. The lowest BCUT2D eigenvalue weighted by Gasteiger charge is -2.30. The smallest absolute Gasteiger partial charge is 0.178 e. The van der Waals surface area contributed by atoms with Gasteiger partial charge < -0.3 is 9.30 Å². The van der Waals surface area contributed by atoms with E-state index in [0.29, 0.717) is 19.1 Å². The third-order valence-corrected chi connectivity index (χ3v) is 7.21. The van der Waals surface area contributed by atoms with Crippen molar-refractivity contribution in [1.29, 1.82) is 0 Å². The number of rotatable bonds is 7. The molecule has 0 spiro atoms. The van der Waals surface area contributed by atoms with Gasteiger partial charge in [-0.15, -0.1) is 11.3 Å². The van der Waals surface area contributed by atoms with E-state index < -0.39 is 0 Å². The molecule has 0 N–H and O–H groups in total. The van der Waals surface area contributed by atoms with Gasteiger partial charge in [0.25, 0.3) is 0 Å². The standard InChI is InChI=1S/C23H29N3O2S/c1-16-14-19(17(2)26(16)12-13-28-3)21(27)15-25-10-8-18(9-11-25)23-24-20-6-4-5-7-22(20)29-23/h4-7,14,18H,8-13,15H2,1-3H3. The second-order valence-electron chi connectivity index (χ2n) is 7.92. The summed E-state index contributed by atoms with van der Waals surface area (Å²) in [6, 6.07) is 10.4. The largest absolute Gasteiger partial charge is 0.383 e. The number of hydrogen-bond donors (Lipinski definition) is 0. The maximum atomic E-state index is 12.9. The zero-order valence-corrected chi connectivity index (χ0v) is 18.3. The number of para-hydroxylation sites is 1. The number of methoxy groups -OCH3 is 1. The number of Topliss-reactive ketones (excluding diaryl/α,β-unsaturated/α-hetero) is 1. The Morgan fingerprint density at radius 3 is 2.72 bits per heavy atom. The summed E-state index contributed by atoms with van der Waals surface area (Å²) in [5.41, 5.74) is 4.13. The van der Waals surface area contributed by atoms with Crippen molar-refractivity contribution in [3.05, 3.63) is 52.3 Å². The van der Waals surface area contributed by atoms with Gasteiger partial charge >= 0.3 is 0 Å². The van der Waals surface area contributed by atoms with E-state index >= 15 is 0 Å². The molecule has 1 aromatic carbocycles. The van der Waals surface area contributed by atoms with E-state index in [2.05, 4.69) is 34.6 Å². The summed E-state index contributed by atoms with van der Waals surface area (Å²) in [5.74, 6) is 0.734. The van der Waals surface area contributed by atoms with Crippen molar-refractivity contribution in [2.75, 3.05) is 33.4 Å². The molecule has 0 bridgehead atoms. The summed E-state index contributed by atoms with van der Waals surface area (Å²) in [6.45, 7) is 7.95. The lowest BCUT2D eigenvalue weighted by Crippen LogP contribution is -2.36.